The quantitative estimate of drug-likeness (QED) is 0.922. The van der Waals surface area contributed by atoms with Gasteiger partial charge in [-0.25, -0.2) is 9.48 Å². The lowest BCUT2D eigenvalue weighted by molar-refractivity contribution is 0.0693. The normalized spacial score (nSPS) is 16.8. The number of hydrogen-bond donors (Lipinski definition) is 1. The van der Waals surface area contributed by atoms with E-state index in [1.807, 2.05) is 30.3 Å². The number of nitrogens with zero attached hydrogens (tertiary/aromatic N) is 4. The molecule has 1 saturated heterocycles. The van der Waals surface area contributed by atoms with Gasteiger partial charge < -0.3 is 10.0 Å². The number of carbonyl (C=O) groups is 1. The van der Waals surface area contributed by atoms with Crippen LogP contribution in [0.25, 0.3) is 5.69 Å². The van der Waals surface area contributed by atoms with Crippen molar-refractivity contribution in [2.45, 2.75) is 6.54 Å². The summed E-state index contributed by atoms with van der Waals surface area (Å²) in [5.74, 6) is -0.925. The topological polar surface area (TPSA) is 61.6 Å². The maximum Gasteiger partial charge on any atom is 0.339 e. The van der Waals surface area contributed by atoms with Gasteiger partial charge in [-0.05, 0) is 19.2 Å². The third-order valence-electron chi connectivity index (χ3n) is 4.07. The highest BCUT2D eigenvalue weighted by Crippen LogP contribution is 2.18. The maximum atomic E-state index is 11.5. The molecule has 1 aromatic carbocycles. The van der Waals surface area contributed by atoms with Crippen molar-refractivity contribution < 1.29 is 9.90 Å². The molecule has 116 valence electrons. The minimum atomic E-state index is -0.925. The van der Waals surface area contributed by atoms with E-state index in [1.54, 1.807) is 4.68 Å². The first-order valence-electron chi connectivity index (χ1n) is 7.41. The molecule has 0 aliphatic carbocycles. The molecule has 22 heavy (non-hydrogen) atoms. The van der Waals surface area contributed by atoms with E-state index in [9.17, 15) is 9.90 Å². The Morgan fingerprint density at radius 1 is 1.18 bits per heavy atom. The first-order chi connectivity index (χ1) is 10.6. The number of aromatic carboxylic acids is 1. The Kier molecular flexibility index (Phi) is 4.22. The van der Waals surface area contributed by atoms with E-state index < -0.39 is 5.97 Å². The minimum Gasteiger partial charge on any atom is -0.478 e. The highest BCUT2D eigenvalue weighted by molar-refractivity contribution is 5.88. The molecule has 2 heterocycles. The van der Waals surface area contributed by atoms with E-state index in [0.29, 0.717) is 6.54 Å². The van der Waals surface area contributed by atoms with Crippen molar-refractivity contribution in [1.29, 1.82) is 0 Å². The summed E-state index contributed by atoms with van der Waals surface area (Å²) in [7, 11) is 2.11. The van der Waals surface area contributed by atoms with Gasteiger partial charge in [0, 0.05) is 32.7 Å². The van der Waals surface area contributed by atoms with Crippen LogP contribution in [0.3, 0.4) is 0 Å². The van der Waals surface area contributed by atoms with Crippen LogP contribution in [0.2, 0.25) is 0 Å². The molecule has 2 aromatic rings. The van der Waals surface area contributed by atoms with Crippen LogP contribution in [0.5, 0.6) is 0 Å². The fraction of sp³-hybridized carbons (Fsp3) is 0.375. The van der Waals surface area contributed by atoms with Crippen molar-refractivity contribution in [2.24, 2.45) is 0 Å². The average Bonchev–Trinajstić information content (AvgIpc) is 2.94. The number of carboxylic acid groups (broad SMARTS) is 1. The molecular weight excluding hydrogens is 280 g/mol. The van der Waals surface area contributed by atoms with Crippen LogP contribution in [-0.4, -0.2) is 63.9 Å². The third kappa shape index (κ3) is 3.03. The van der Waals surface area contributed by atoms with Crippen molar-refractivity contribution in [2.75, 3.05) is 33.2 Å². The largest absolute Gasteiger partial charge is 0.478 e. The number of benzene rings is 1. The predicted molar refractivity (Wildman–Crippen MR) is 83.3 cm³/mol. The molecule has 0 amide bonds. The Hall–Kier alpha value is -2.18. The second kappa shape index (κ2) is 6.29. The summed E-state index contributed by atoms with van der Waals surface area (Å²) in [5.41, 5.74) is 1.91. The first-order valence-corrected chi connectivity index (χ1v) is 7.41. The van der Waals surface area contributed by atoms with E-state index in [1.165, 1.54) is 6.20 Å². The Morgan fingerprint density at radius 2 is 1.86 bits per heavy atom. The van der Waals surface area contributed by atoms with Crippen LogP contribution in [0.4, 0.5) is 0 Å². The molecule has 0 atom stereocenters. The third-order valence-corrected chi connectivity index (χ3v) is 4.07. The Morgan fingerprint density at radius 3 is 2.50 bits per heavy atom. The fourth-order valence-electron chi connectivity index (χ4n) is 2.71. The number of likely N-dealkylation sites (N-methyl/N-ethyl adjacent to an activating group) is 1. The Balaban J connectivity index is 1.90. The van der Waals surface area contributed by atoms with Gasteiger partial charge >= 0.3 is 5.97 Å². The Bertz CT molecular complexity index is 645. The van der Waals surface area contributed by atoms with E-state index in [4.69, 9.17) is 0 Å². The standard InChI is InChI=1S/C16H20N4O2/c1-18-7-9-19(10-8-18)12-15-14(16(21)22)11-17-20(15)13-5-3-2-4-6-13/h2-6,11H,7-10,12H2,1H3,(H,21,22). The predicted octanol–water partition coefficient (Wildman–Crippen LogP) is 1.32. The monoisotopic (exact) mass is 300 g/mol. The summed E-state index contributed by atoms with van der Waals surface area (Å²) in [6.45, 7) is 4.49. The zero-order valence-corrected chi connectivity index (χ0v) is 12.6. The SMILES string of the molecule is CN1CCN(Cc2c(C(=O)O)cnn2-c2ccccc2)CC1. The summed E-state index contributed by atoms with van der Waals surface area (Å²) in [5, 5.41) is 13.7. The maximum absolute atomic E-state index is 11.5. The zero-order valence-electron chi connectivity index (χ0n) is 12.6. The van der Waals surface area contributed by atoms with Gasteiger partial charge in [-0.2, -0.15) is 5.10 Å². The minimum absolute atomic E-state index is 0.280. The zero-order chi connectivity index (χ0) is 15.5. The van der Waals surface area contributed by atoms with Crippen molar-refractivity contribution in [1.82, 2.24) is 19.6 Å². The van der Waals surface area contributed by atoms with E-state index in [2.05, 4.69) is 21.9 Å². The fourth-order valence-corrected chi connectivity index (χ4v) is 2.71. The highest BCUT2D eigenvalue weighted by Gasteiger charge is 2.22. The average molecular weight is 300 g/mol. The number of para-hydroxylation sites is 1. The smallest absolute Gasteiger partial charge is 0.339 e. The number of hydrogen-bond acceptors (Lipinski definition) is 4. The molecule has 1 aliphatic rings. The summed E-state index contributed by atoms with van der Waals surface area (Å²) < 4.78 is 1.74. The second-order valence-corrected chi connectivity index (χ2v) is 5.64. The van der Waals surface area contributed by atoms with E-state index >= 15 is 0 Å². The highest BCUT2D eigenvalue weighted by atomic mass is 16.4. The lowest BCUT2D eigenvalue weighted by atomic mass is 10.2. The molecule has 1 N–H and O–H groups in total. The Labute approximate surface area is 129 Å². The molecule has 6 heteroatoms. The lowest BCUT2D eigenvalue weighted by Gasteiger charge is -2.32. The molecule has 0 spiro atoms. The molecule has 6 nitrogen and oxygen atoms in total. The lowest BCUT2D eigenvalue weighted by Crippen LogP contribution is -2.44. The summed E-state index contributed by atoms with van der Waals surface area (Å²) in [6.07, 6.45) is 1.45. The molecular formula is C16H20N4O2. The number of rotatable bonds is 4. The van der Waals surface area contributed by atoms with Crippen molar-refractivity contribution in [3.8, 4) is 5.69 Å². The van der Waals surface area contributed by atoms with Gasteiger partial charge in [-0.15, -0.1) is 0 Å². The molecule has 3 rings (SSSR count). The number of aromatic nitrogens is 2. The van der Waals surface area contributed by atoms with Crippen LogP contribution in [0, 0.1) is 0 Å². The van der Waals surface area contributed by atoms with Gasteiger partial charge in [-0.3, -0.25) is 4.90 Å². The molecule has 0 bridgehead atoms. The van der Waals surface area contributed by atoms with Gasteiger partial charge in [0.15, 0.2) is 0 Å². The van der Waals surface area contributed by atoms with E-state index in [0.717, 1.165) is 37.6 Å². The van der Waals surface area contributed by atoms with Gasteiger partial charge in [0.2, 0.25) is 0 Å². The van der Waals surface area contributed by atoms with Crippen LogP contribution < -0.4 is 0 Å². The van der Waals surface area contributed by atoms with Gasteiger partial charge in [0.25, 0.3) is 0 Å². The van der Waals surface area contributed by atoms with Gasteiger partial charge in [-0.1, -0.05) is 18.2 Å². The van der Waals surface area contributed by atoms with Gasteiger partial charge in [0.1, 0.15) is 5.56 Å². The number of carboxylic acids is 1. The molecule has 0 unspecified atom stereocenters. The second-order valence-electron chi connectivity index (χ2n) is 5.64. The molecule has 0 radical (unpaired) electrons. The molecule has 1 fully saturated rings. The van der Waals surface area contributed by atoms with Gasteiger partial charge in [0.05, 0.1) is 17.6 Å². The van der Waals surface area contributed by atoms with Crippen LogP contribution in [-0.2, 0) is 6.54 Å². The van der Waals surface area contributed by atoms with E-state index in [-0.39, 0.29) is 5.56 Å². The molecule has 1 aromatic heterocycles. The van der Waals surface area contributed by atoms with Crippen LogP contribution in [0.1, 0.15) is 16.1 Å². The first kappa shape index (κ1) is 14.7. The van der Waals surface area contributed by atoms with Crippen LogP contribution >= 0.6 is 0 Å². The summed E-state index contributed by atoms with van der Waals surface area (Å²) in [6, 6.07) is 9.66. The summed E-state index contributed by atoms with van der Waals surface area (Å²) >= 11 is 0. The van der Waals surface area contributed by atoms with Crippen LogP contribution in [0.15, 0.2) is 36.5 Å². The molecule has 0 saturated carbocycles. The van der Waals surface area contributed by atoms with Crippen molar-refractivity contribution in [3.63, 3.8) is 0 Å². The number of piperazine rings is 1. The van der Waals surface area contributed by atoms with Crippen molar-refractivity contribution in [3.05, 3.63) is 47.8 Å². The molecule has 1 aliphatic heterocycles. The summed E-state index contributed by atoms with van der Waals surface area (Å²) in [4.78, 5) is 16.0. The van der Waals surface area contributed by atoms with Crippen molar-refractivity contribution >= 4 is 5.97 Å².